The maximum Gasteiger partial charge on any atom is 0.339 e. The molecular formula is C15H24N2O3. The SMILES string of the molecule is CCCCOc1ccc(C(C(C)C)N(O)C(N)=O)cc1. The number of unbranched alkanes of at least 4 members (excludes halogenated alkanes) is 1. The minimum atomic E-state index is -0.855. The van der Waals surface area contributed by atoms with Crippen LogP contribution in [0.2, 0.25) is 0 Å². The molecule has 0 radical (unpaired) electrons. The Hall–Kier alpha value is -1.75. The Bertz CT molecular complexity index is 418. The molecule has 2 amide bonds. The van der Waals surface area contributed by atoms with Crippen molar-refractivity contribution < 1.29 is 14.7 Å². The summed E-state index contributed by atoms with van der Waals surface area (Å²) in [5.41, 5.74) is 5.96. The molecule has 0 aliphatic carbocycles. The Labute approximate surface area is 120 Å². The fraction of sp³-hybridized carbons (Fsp3) is 0.533. The number of ether oxygens (including phenoxy) is 1. The molecule has 0 aliphatic rings. The molecule has 3 N–H and O–H groups in total. The molecule has 20 heavy (non-hydrogen) atoms. The van der Waals surface area contributed by atoms with Crippen molar-refractivity contribution in [1.82, 2.24) is 5.06 Å². The van der Waals surface area contributed by atoms with Gasteiger partial charge in [0.25, 0.3) is 0 Å². The van der Waals surface area contributed by atoms with E-state index in [1.165, 1.54) is 0 Å². The highest BCUT2D eigenvalue weighted by molar-refractivity contribution is 5.71. The van der Waals surface area contributed by atoms with Gasteiger partial charge in [0.1, 0.15) is 5.75 Å². The van der Waals surface area contributed by atoms with Crippen LogP contribution < -0.4 is 10.5 Å². The third-order valence-corrected chi connectivity index (χ3v) is 3.11. The molecule has 112 valence electrons. The van der Waals surface area contributed by atoms with Gasteiger partial charge in [-0.05, 0) is 30.0 Å². The largest absolute Gasteiger partial charge is 0.494 e. The lowest BCUT2D eigenvalue weighted by Gasteiger charge is -2.28. The van der Waals surface area contributed by atoms with Crippen molar-refractivity contribution in [3.05, 3.63) is 29.8 Å². The number of benzene rings is 1. The fourth-order valence-electron chi connectivity index (χ4n) is 2.04. The number of nitrogens with two attached hydrogens (primary N) is 1. The molecule has 0 spiro atoms. The normalized spacial score (nSPS) is 12.2. The number of primary amides is 1. The zero-order valence-corrected chi connectivity index (χ0v) is 12.4. The molecule has 5 heteroatoms. The Morgan fingerprint density at radius 3 is 2.40 bits per heavy atom. The summed E-state index contributed by atoms with van der Waals surface area (Å²) in [5.74, 6) is 0.827. The van der Waals surface area contributed by atoms with Crippen molar-refractivity contribution in [2.24, 2.45) is 11.7 Å². The van der Waals surface area contributed by atoms with E-state index in [0.29, 0.717) is 11.7 Å². The molecule has 1 aromatic rings. The Kier molecular flexibility index (Phi) is 6.31. The summed E-state index contributed by atoms with van der Waals surface area (Å²) in [6.07, 6.45) is 2.11. The number of urea groups is 1. The molecule has 0 bridgehead atoms. The highest BCUT2D eigenvalue weighted by Crippen LogP contribution is 2.28. The van der Waals surface area contributed by atoms with Crippen molar-refractivity contribution >= 4 is 6.03 Å². The Balaban J connectivity index is 2.80. The molecule has 0 heterocycles. The number of hydroxylamine groups is 2. The van der Waals surface area contributed by atoms with Crippen molar-refractivity contribution in [2.45, 2.75) is 39.7 Å². The molecule has 0 saturated carbocycles. The van der Waals surface area contributed by atoms with E-state index in [1.807, 2.05) is 38.1 Å². The summed E-state index contributed by atoms with van der Waals surface area (Å²) in [7, 11) is 0. The molecule has 0 aliphatic heterocycles. The predicted molar refractivity (Wildman–Crippen MR) is 77.6 cm³/mol. The second-order valence-corrected chi connectivity index (χ2v) is 5.14. The van der Waals surface area contributed by atoms with Gasteiger partial charge in [0.05, 0.1) is 12.6 Å². The first-order valence-electron chi connectivity index (χ1n) is 6.97. The molecule has 0 fully saturated rings. The van der Waals surface area contributed by atoms with Crippen LogP contribution in [-0.2, 0) is 0 Å². The lowest BCUT2D eigenvalue weighted by atomic mass is 9.96. The average molecular weight is 280 g/mol. The van der Waals surface area contributed by atoms with E-state index in [2.05, 4.69) is 6.92 Å². The van der Waals surface area contributed by atoms with Crippen molar-refractivity contribution in [1.29, 1.82) is 0 Å². The highest BCUT2D eigenvalue weighted by atomic mass is 16.5. The number of carbonyl (C=O) groups is 1. The minimum Gasteiger partial charge on any atom is -0.494 e. The Morgan fingerprint density at radius 1 is 1.35 bits per heavy atom. The van der Waals surface area contributed by atoms with Gasteiger partial charge in [-0.25, -0.2) is 4.79 Å². The van der Waals surface area contributed by atoms with Gasteiger partial charge >= 0.3 is 6.03 Å². The first kappa shape index (κ1) is 16.3. The molecule has 1 aromatic carbocycles. The number of carbonyl (C=O) groups excluding carboxylic acids is 1. The average Bonchev–Trinajstić information content (AvgIpc) is 2.40. The van der Waals surface area contributed by atoms with Crippen molar-refractivity contribution in [3.63, 3.8) is 0 Å². The summed E-state index contributed by atoms with van der Waals surface area (Å²) in [6.45, 7) is 6.64. The van der Waals surface area contributed by atoms with Gasteiger partial charge in [0.2, 0.25) is 0 Å². The smallest absolute Gasteiger partial charge is 0.339 e. The number of hydrogen-bond donors (Lipinski definition) is 2. The molecule has 0 aromatic heterocycles. The van der Waals surface area contributed by atoms with Gasteiger partial charge in [-0.2, -0.15) is 5.06 Å². The van der Waals surface area contributed by atoms with Crippen LogP contribution in [0.25, 0.3) is 0 Å². The number of rotatable bonds is 7. The van der Waals surface area contributed by atoms with Crippen LogP contribution in [0.4, 0.5) is 4.79 Å². The van der Waals surface area contributed by atoms with Crippen molar-refractivity contribution in [2.75, 3.05) is 6.61 Å². The van der Waals surface area contributed by atoms with Gasteiger partial charge in [-0.3, -0.25) is 5.21 Å². The van der Waals surface area contributed by atoms with Crippen LogP contribution in [0.1, 0.15) is 45.2 Å². The maximum absolute atomic E-state index is 11.1. The van der Waals surface area contributed by atoms with E-state index in [4.69, 9.17) is 10.5 Å². The summed E-state index contributed by atoms with van der Waals surface area (Å²) in [5, 5.41) is 10.4. The molecular weight excluding hydrogens is 256 g/mol. The van der Waals surface area contributed by atoms with Gasteiger partial charge in [0.15, 0.2) is 0 Å². The molecule has 1 rings (SSSR count). The molecule has 1 atom stereocenters. The first-order valence-corrected chi connectivity index (χ1v) is 6.97. The summed E-state index contributed by atoms with van der Waals surface area (Å²) >= 11 is 0. The van der Waals surface area contributed by atoms with Crippen LogP contribution >= 0.6 is 0 Å². The predicted octanol–water partition coefficient (Wildman–Crippen LogP) is 3.33. The van der Waals surface area contributed by atoms with E-state index in [0.717, 1.165) is 24.2 Å². The van der Waals surface area contributed by atoms with Crippen molar-refractivity contribution in [3.8, 4) is 5.75 Å². The van der Waals surface area contributed by atoms with E-state index < -0.39 is 12.1 Å². The van der Waals surface area contributed by atoms with E-state index >= 15 is 0 Å². The van der Waals surface area contributed by atoms with Gasteiger partial charge in [-0.15, -0.1) is 0 Å². The van der Waals surface area contributed by atoms with Crippen LogP contribution in [0, 0.1) is 5.92 Å². The number of amides is 2. The van der Waals surface area contributed by atoms with Crippen LogP contribution in [0.5, 0.6) is 5.75 Å². The lowest BCUT2D eigenvalue weighted by molar-refractivity contribution is -0.0895. The minimum absolute atomic E-state index is 0.0411. The third kappa shape index (κ3) is 4.42. The number of nitrogens with zero attached hydrogens (tertiary/aromatic N) is 1. The zero-order chi connectivity index (χ0) is 15.1. The molecule has 5 nitrogen and oxygen atoms in total. The van der Waals surface area contributed by atoms with Gasteiger partial charge in [0, 0.05) is 0 Å². The second-order valence-electron chi connectivity index (χ2n) is 5.14. The van der Waals surface area contributed by atoms with E-state index in [9.17, 15) is 10.0 Å². The molecule has 1 unspecified atom stereocenters. The summed E-state index contributed by atoms with van der Waals surface area (Å²) < 4.78 is 5.58. The number of hydrogen-bond acceptors (Lipinski definition) is 3. The van der Waals surface area contributed by atoms with Gasteiger partial charge in [-0.1, -0.05) is 39.3 Å². The lowest BCUT2D eigenvalue weighted by Crippen LogP contribution is -2.38. The maximum atomic E-state index is 11.1. The van der Waals surface area contributed by atoms with E-state index in [1.54, 1.807) is 0 Å². The highest BCUT2D eigenvalue weighted by Gasteiger charge is 2.25. The topological polar surface area (TPSA) is 75.8 Å². The third-order valence-electron chi connectivity index (χ3n) is 3.11. The second kappa shape index (κ2) is 7.75. The molecule has 0 saturated heterocycles. The Morgan fingerprint density at radius 2 is 1.95 bits per heavy atom. The fourth-order valence-corrected chi connectivity index (χ4v) is 2.04. The standard InChI is InChI=1S/C15H24N2O3/c1-4-5-10-20-13-8-6-12(7-9-13)14(11(2)3)17(19)15(16)18/h6-9,11,14,19H,4-5,10H2,1-3H3,(H2,16,18). The first-order chi connectivity index (χ1) is 9.47. The quantitative estimate of drug-likeness (QED) is 0.457. The van der Waals surface area contributed by atoms with Crippen LogP contribution in [0.3, 0.4) is 0 Å². The monoisotopic (exact) mass is 280 g/mol. The van der Waals surface area contributed by atoms with Gasteiger partial charge < -0.3 is 10.5 Å². The van der Waals surface area contributed by atoms with E-state index in [-0.39, 0.29) is 5.92 Å². The zero-order valence-electron chi connectivity index (χ0n) is 12.4. The summed E-state index contributed by atoms with van der Waals surface area (Å²) in [4.78, 5) is 11.1. The summed E-state index contributed by atoms with van der Waals surface area (Å²) in [6, 6.07) is 6.06. The van der Waals surface area contributed by atoms with Crippen LogP contribution in [-0.4, -0.2) is 22.9 Å². The van der Waals surface area contributed by atoms with Crippen LogP contribution in [0.15, 0.2) is 24.3 Å².